The van der Waals surface area contributed by atoms with Crippen LogP contribution < -0.4 is 5.32 Å². The maximum atomic E-state index is 12.8. The lowest BCUT2D eigenvalue weighted by Crippen LogP contribution is -2.47. The van der Waals surface area contributed by atoms with Crippen molar-refractivity contribution in [1.29, 1.82) is 0 Å². The first kappa shape index (κ1) is 14.0. The van der Waals surface area contributed by atoms with Crippen LogP contribution in [0.1, 0.15) is 13.8 Å². The van der Waals surface area contributed by atoms with Gasteiger partial charge in [0.25, 0.3) is 10.0 Å². The SMILES string of the molecule is CC1(C)C2CNCC2CN1S(=O)(=O)c1sccc1Br. The molecule has 2 saturated heterocycles. The summed E-state index contributed by atoms with van der Waals surface area (Å²) in [7, 11) is -3.40. The lowest BCUT2D eigenvalue weighted by atomic mass is 9.85. The van der Waals surface area contributed by atoms with E-state index in [0.717, 1.165) is 13.1 Å². The fourth-order valence-electron chi connectivity index (χ4n) is 3.36. The number of hydrogen-bond donors (Lipinski definition) is 1. The molecule has 0 aliphatic carbocycles. The molecule has 0 saturated carbocycles. The third-order valence-electron chi connectivity index (χ3n) is 4.40. The van der Waals surface area contributed by atoms with Gasteiger partial charge in [-0.05, 0) is 59.6 Å². The predicted octanol–water partition coefficient (Wildman–Crippen LogP) is 2.13. The first-order chi connectivity index (χ1) is 8.85. The third kappa shape index (κ3) is 2.01. The van der Waals surface area contributed by atoms with Gasteiger partial charge in [-0.1, -0.05) is 0 Å². The van der Waals surface area contributed by atoms with E-state index in [-0.39, 0.29) is 5.54 Å². The molecule has 1 N–H and O–H groups in total. The Morgan fingerprint density at radius 1 is 1.47 bits per heavy atom. The number of sulfonamides is 1. The summed E-state index contributed by atoms with van der Waals surface area (Å²) in [4.78, 5) is 0. The van der Waals surface area contributed by atoms with E-state index in [0.29, 0.717) is 27.1 Å². The van der Waals surface area contributed by atoms with E-state index in [1.807, 2.05) is 19.2 Å². The number of fused-ring (bicyclic) bond motifs is 1. The average Bonchev–Trinajstić information content (AvgIpc) is 2.96. The van der Waals surface area contributed by atoms with Crippen LogP contribution in [0.3, 0.4) is 0 Å². The summed E-state index contributed by atoms with van der Waals surface area (Å²) in [6.45, 7) is 6.55. The van der Waals surface area contributed by atoms with Gasteiger partial charge in [0.15, 0.2) is 0 Å². The topological polar surface area (TPSA) is 49.4 Å². The van der Waals surface area contributed by atoms with Crippen LogP contribution in [0.25, 0.3) is 0 Å². The Balaban J connectivity index is 2.01. The molecule has 0 bridgehead atoms. The number of nitrogens with zero attached hydrogens (tertiary/aromatic N) is 1. The number of halogens is 1. The summed E-state index contributed by atoms with van der Waals surface area (Å²) in [6, 6.07) is 1.79. The fraction of sp³-hybridized carbons (Fsp3) is 0.667. The lowest BCUT2D eigenvalue weighted by molar-refractivity contribution is 0.233. The first-order valence-electron chi connectivity index (χ1n) is 6.31. The predicted molar refractivity (Wildman–Crippen MR) is 79.8 cm³/mol. The first-order valence-corrected chi connectivity index (χ1v) is 9.43. The number of nitrogens with one attached hydrogen (secondary N) is 1. The molecule has 2 fully saturated rings. The zero-order chi connectivity index (χ0) is 13.8. The Morgan fingerprint density at radius 3 is 2.79 bits per heavy atom. The molecule has 106 valence electrons. The quantitative estimate of drug-likeness (QED) is 0.874. The van der Waals surface area contributed by atoms with Crippen molar-refractivity contribution in [2.45, 2.75) is 23.6 Å². The highest BCUT2D eigenvalue weighted by molar-refractivity contribution is 9.10. The second-order valence-electron chi connectivity index (χ2n) is 5.77. The molecule has 0 radical (unpaired) electrons. The van der Waals surface area contributed by atoms with Gasteiger partial charge in [0, 0.05) is 23.1 Å². The van der Waals surface area contributed by atoms with E-state index in [1.165, 1.54) is 11.3 Å². The van der Waals surface area contributed by atoms with Crippen LogP contribution in [0, 0.1) is 11.8 Å². The smallest absolute Gasteiger partial charge is 0.254 e. The van der Waals surface area contributed by atoms with Crippen molar-refractivity contribution in [3.05, 3.63) is 15.9 Å². The van der Waals surface area contributed by atoms with Crippen molar-refractivity contribution in [1.82, 2.24) is 9.62 Å². The molecule has 2 aliphatic rings. The van der Waals surface area contributed by atoms with Crippen molar-refractivity contribution in [2.24, 2.45) is 11.8 Å². The molecule has 2 aliphatic heterocycles. The molecule has 0 amide bonds. The maximum absolute atomic E-state index is 12.8. The van der Waals surface area contributed by atoms with E-state index in [9.17, 15) is 8.42 Å². The molecule has 0 spiro atoms. The van der Waals surface area contributed by atoms with E-state index in [1.54, 1.807) is 10.4 Å². The Labute approximate surface area is 126 Å². The van der Waals surface area contributed by atoms with Crippen molar-refractivity contribution in [3.63, 3.8) is 0 Å². The lowest BCUT2D eigenvalue weighted by Gasteiger charge is -2.34. The molecule has 2 unspecified atom stereocenters. The summed E-state index contributed by atoms with van der Waals surface area (Å²) in [6.07, 6.45) is 0. The van der Waals surface area contributed by atoms with E-state index in [2.05, 4.69) is 21.2 Å². The van der Waals surface area contributed by atoms with Crippen LogP contribution in [0.2, 0.25) is 0 Å². The minimum atomic E-state index is -3.40. The Kier molecular flexibility index (Phi) is 3.34. The van der Waals surface area contributed by atoms with Crippen molar-refractivity contribution >= 4 is 37.3 Å². The van der Waals surface area contributed by atoms with Crippen LogP contribution in [-0.2, 0) is 10.0 Å². The number of rotatable bonds is 2. The van der Waals surface area contributed by atoms with E-state index in [4.69, 9.17) is 0 Å². The minimum Gasteiger partial charge on any atom is -0.316 e. The molecule has 4 nitrogen and oxygen atoms in total. The van der Waals surface area contributed by atoms with E-state index >= 15 is 0 Å². The van der Waals surface area contributed by atoms with Gasteiger partial charge in [-0.15, -0.1) is 11.3 Å². The summed E-state index contributed by atoms with van der Waals surface area (Å²) < 4.78 is 28.5. The largest absolute Gasteiger partial charge is 0.316 e. The van der Waals surface area contributed by atoms with Crippen LogP contribution in [0.15, 0.2) is 20.1 Å². The normalized spacial score (nSPS) is 30.7. The van der Waals surface area contributed by atoms with Crippen molar-refractivity contribution < 1.29 is 8.42 Å². The molecule has 19 heavy (non-hydrogen) atoms. The zero-order valence-electron chi connectivity index (χ0n) is 10.9. The zero-order valence-corrected chi connectivity index (χ0v) is 14.1. The second-order valence-corrected chi connectivity index (χ2v) is 9.60. The Hall–Kier alpha value is 0.0500. The van der Waals surface area contributed by atoms with Gasteiger partial charge in [0.1, 0.15) is 4.21 Å². The van der Waals surface area contributed by atoms with Gasteiger partial charge in [-0.2, -0.15) is 4.31 Å². The third-order valence-corrected chi connectivity index (χ3v) is 9.10. The van der Waals surface area contributed by atoms with E-state index < -0.39 is 10.0 Å². The van der Waals surface area contributed by atoms with Crippen LogP contribution in [-0.4, -0.2) is 37.9 Å². The van der Waals surface area contributed by atoms with Gasteiger partial charge in [-0.3, -0.25) is 0 Å². The molecule has 1 aromatic heterocycles. The second kappa shape index (κ2) is 4.53. The molecular weight excluding hydrogens is 348 g/mol. The highest BCUT2D eigenvalue weighted by Crippen LogP contribution is 2.45. The molecule has 7 heteroatoms. The van der Waals surface area contributed by atoms with Crippen molar-refractivity contribution in [3.8, 4) is 0 Å². The Morgan fingerprint density at radius 2 is 2.21 bits per heavy atom. The van der Waals surface area contributed by atoms with Crippen LogP contribution in [0.5, 0.6) is 0 Å². The van der Waals surface area contributed by atoms with Crippen LogP contribution >= 0.6 is 27.3 Å². The highest BCUT2D eigenvalue weighted by atomic mass is 79.9. The highest BCUT2D eigenvalue weighted by Gasteiger charge is 2.54. The molecule has 3 rings (SSSR count). The summed E-state index contributed by atoms with van der Waals surface area (Å²) >= 11 is 4.62. The van der Waals surface area contributed by atoms with Crippen LogP contribution in [0.4, 0.5) is 0 Å². The molecule has 0 aromatic carbocycles. The standard InChI is InChI=1S/C12H17BrN2O2S2/c1-12(2)9-6-14-5-8(9)7-15(12)19(16,17)11-10(13)3-4-18-11/h3-4,8-9,14H,5-7H2,1-2H3. The van der Waals surface area contributed by atoms with Gasteiger partial charge in [0.05, 0.1) is 0 Å². The Bertz CT molecular complexity index is 597. The fourth-order valence-corrected chi connectivity index (χ4v) is 7.65. The molecule has 2 atom stereocenters. The monoisotopic (exact) mass is 364 g/mol. The number of hydrogen-bond acceptors (Lipinski definition) is 4. The molecule has 3 heterocycles. The van der Waals surface area contributed by atoms with Gasteiger partial charge >= 0.3 is 0 Å². The number of thiophene rings is 1. The van der Waals surface area contributed by atoms with Gasteiger partial charge < -0.3 is 5.32 Å². The molecule has 1 aromatic rings. The van der Waals surface area contributed by atoms with Gasteiger partial charge in [0.2, 0.25) is 0 Å². The summed E-state index contributed by atoms with van der Waals surface area (Å²) in [5.41, 5.74) is -0.323. The average molecular weight is 365 g/mol. The summed E-state index contributed by atoms with van der Waals surface area (Å²) in [5.74, 6) is 0.838. The van der Waals surface area contributed by atoms with Crippen molar-refractivity contribution in [2.75, 3.05) is 19.6 Å². The molecular formula is C12H17BrN2O2S2. The summed E-state index contributed by atoms with van der Waals surface area (Å²) in [5, 5.41) is 5.18. The minimum absolute atomic E-state index is 0.323. The maximum Gasteiger partial charge on any atom is 0.254 e. The van der Waals surface area contributed by atoms with Gasteiger partial charge in [-0.25, -0.2) is 8.42 Å².